The number of carbonyl (C=O) groups excluding carboxylic acids is 1. The number of nitrogens with zero attached hydrogens (tertiary/aromatic N) is 2. The second kappa shape index (κ2) is 12.5. The van der Waals surface area contributed by atoms with Crippen molar-refractivity contribution in [1.29, 1.82) is 0 Å². The number of Topliss-reactive ketones (excluding diaryl/α,β-unsaturated/α-hetero) is 1. The highest BCUT2D eigenvalue weighted by molar-refractivity contribution is 7.15. The quantitative estimate of drug-likeness (QED) is 0.273. The fraction of sp³-hybridized carbons (Fsp3) is 0.500. The Bertz CT molecular complexity index is 1220. The van der Waals surface area contributed by atoms with Crippen LogP contribution in [0.1, 0.15) is 79.2 Å². The van der Waals surface area contributed by atoms with E-state index in [1.807, 2.05) is 30.3 Å². The second-order valence-electron chi connectivity index (χ2n) is 11.2. The number of nitrogens with two attached hydrogens (primary N) is 1. The highest BCUT2D eigenvalue weighted by Crippen LogP contribution is 2.35. The number of nitrogen functional groups attached to an aromatic ring is 1. The number of carbonyl (C=O) groups is 1. The van der Waals surface area contributed by atoms with Gasteiger partial charge in [0.2, 0.25) is 0 Å². The molecule has 1 heterocycles. The molecule has 202 valence electrons. The lowest BCUT2D eigenvalue weighted by molar-refractivity contribution is 0.0937. The number of hydrogen-bond donors (Lipinski definition) is 1. The normalized spacial score (nSPS) is 21.4. The van der Waals surface area contributed by atoms with E-state index in [1.54, 1.807) is 23.5 Å². The molecule has 1 aromatic heterocycles. The van der Waals surface area contributed by atoms with Gasteiger partial charge in [0.25, 0.3) is 0 Å². The summed E-state index contributed by atoms with van der Waals surface area (Å²) in [5, 5.41) is 0.715. The van der Waals surface area contributed by atoms with E-state index in [0.29, 0.717) is 29.1 Å². The zero-order valence-corrected chi connectivity index (χ0v) is 23.3. The Morgan fingerprint density at radius 1 is 1.03 bits per heavy atom. The van der Waals surface area contributed by atoms with Crippen molar-refractivity contribution in [3.63, 3.8) is 0 Å². The number of aryl methyl sites for hydroxylation is 1. The van der Waals surface area contributed by atoms with Crippen LogP contribution in [0, 0.1) is 17.7 Å². The van der Waals surface area contributed by atoms with Crippen LogP contribution in [0.2, 0.25) is 0 Å². The average molecular weight is 534 g/mol. The lowest BCUT2D eigenvalue weighted by atomic mass is 9.78. The predicted molar refractivity (Wildman–Crippen MR) is 155 cm³/mol. The molecule has 6 heteroatoms. The molecule has 0 amide bonds. The first kappa shape index (κ1) is 27.0. The van der Waals surface area contributed by atoms with Crippen molar-refractivity contribution in [2.24, 2.45) is 11.8 Å². The van der Waals surface area contributed by atoms with E-state index in [2.05, 4.69) is 16.8 Å². The van der Waals surface area contributed by atoms with Gasteiger partial charge in [-0.25, -0.2) is 9.37 Å². The maximum atomic E-state index is 14.1. The van der Waals surface area contributed by atoms with E-state index in [0.717, 1.165) is 49.3 Å². The Hall–Kier alpha value is -2.57. The number of aromatic nitrogens is 1. The van der Waals surface area contributed by atoms with Gasteiger partial charge in [-0.05, 0) is 81.5 Å². The largest absolute Gasteiger partial charge is 0.375 e. The van der Waals surface area contributed by atoms with Crippen molar-refractivity contribution in [3.05, 3.63) is 70.5 Å². The molecule has 2 aliphatic carbocycles. The van der Waals surface area contributed by atoms with Gasteiger partial charge in [-0.3, -0.25) is 4.79 Å². The molecule has 4 nitrogen and oxygen atoms in total. The van der Waals surface area contributed by atoms with Crippen molar-refractivity contribution in [3.8, 4) is 11.1 Å². The maximum Gasteiger partial charge on any atom is 0.180 e. The van der Waals surface area contributed by atoms with Gasteiger partial charge in [-0.2, -0.15) is 0 Å². The summed E-state index contributed by atoms with van der Waals surface area (Å²) in [5.74, 6) is 1.21. The fourth-order valence-electron chi connectivity index (χ4n) is 6.44. The molecule has 1 atom stereocenters. The molecular formula is C32H40FN3OS. The Kier molecular flexibility index (Phi) is 8.90. The lowest BCUT2D eigenvalue weighted by Crippen LogP contribution is -2.41. The minimum absolute atomic E-state index is 0.211. The third-order valence-corrected chi connectivity index (χ3v) is 9.56. The summed E-state index contributed by atoms with van der Waals surface area (Å²) in [6.07, 6.45) is 11.1. The van der Waals surface area contributed by atoms with Crippen LogP contribution in [-0.4, -0.2) is 34.8 Å². The Balaban J connectivity index is 1.08. The van der Waals surface area contributed by atoms with E-state index in [4.69, 9.17) is 5.73 Å². The van der Waals surface area contributed by atoms with Gasteiger partial charge in [-0.1, -0.05) is 62.2 Å². The van der Waals surface area contributed by atoms with E-state index in [-0.39, 0.29) is 11.6 Å². The molecule has 0 radical (unpaired) electrons. The minimum atomic E-state index is -0.237. The zero-order chi connectivity index (χ0) is 26.5. The van der Waals surface area contributed by atoms with Crippen molar-refractivity contribution < 1.29 is 9.18 Å². The number of benzene rings is 2. The van der Waals surface area contributed by atoms with Crippen LogP contribution in [0.5, 0.6) is 0 Å². The van der Waals surface area contributed by atoms with Crippen LogP contribution < -0.4 is 5.73 Å². The van der Waals surface area contributed by atoms with Crippen molar-refractivity contribution >= 4 is 22.3 Å². The number of thiazole rings is 1. The topological polar surface area (TPSA) is 59.2 Å². The zero-order valence-electron chi connectivity index (χ0n) is 22.5. The van der Waals surface area contributed by atoms with E-state index >= 15 is 0 Å². The third-order valence-electron chi connectivity index (χ3n) is 8.61. The van der Waals surface area contributed by atoms with Gasteiger partial charge in [0.05, 0.1) is 5.69 Å². The first-order chi connectivity index (χ1) is 18.5. The number of hydrogen-bond acceptors (Lipinski definition) is 5. The van der Waals surface area contributed by atoms with E-state index in [9.17, 15) is 9.18 Å². The predicted octanol–water partition coefficient (Wildman–Crippen LogP) is 7.57. The van der Waals surface area contributed by atoms with Crippen LogP contribution in [0.25, 0.3) is 11.1 Å². The average Bonchev–Trinajstić information content (AvgIpc) is 3.31. The van der Waals surface area contributed by atoms with Gasteiger partial charge in [0.1, 0.15) is 5.82 Å². The van der Waals surface area contributed by atoms with Crippen LogP contribution in [0.15, 0.2) is 48.5 Å². The molecule has 1 fully saturated rings. The van der Waals surface area contributed by atoms with Crippen molar-refractivity contribution in [1.82, 2.24) is 9.88 Å². The first-order valence-electron chi connectivity index (χ1n) is 14.4. The van der Waals surface area contributed by atoms with Crippen LogP contribution >= 0.6 is 11.3 Å². The van der Waals surface area contributed by atoms with Gasteiger partial charge in [0, 0.05) is 28.5 Å². The number of halogens is 1. The SMILES string of the molecule is CCCN(CCC1CCC(CC(=O)c2ccc(-c3ccccc3F)cc2)CC1)[C@H]1CCc2nc(N)sc2C1. The molecule has 0 unspecified atom stereocenters. The minimum Gasteiger partial charge on any atom is -0.375 e. The van der Waals surface area contributed by atoms with Crippen molar-refractivity contribution in [2.45, 2.75) is 77.2 Å². The van der Waals surface area contributed by atoms with Gasteiger partial charge >= 0.3 is 0 Å². The second-order valence-corrected chi connectivity index (χ2v) is 12.3. The summed E-state index contributed by atoms with van der Waals surface area (Å²) in [4.78, 5) is 21.6. The summed E-state index contributed by atoms with van der Waals surface area (Å²) >= 11 is 1.68. The molecule has 2 aliphatic rings. The Labute approximate surface area is 230 Å². The molecule has 3 aromatic rings. The highest BCUT2D eigenvalue weighted by Gasteiger charge is 2.28. The summed E-state index contributed by atoms with van der Waals surface area (Å²) in [7, 11) is 0. The van der Waals surface area contributed by atoms with Crippen LogP contribution in [0.4, 0.5) is 9.52 Å². The maximum absolute atomic E-state index is 14.1. The molecule has 2 aromatic carbocycles. The smallest absolute Gasteiger partial charge is 0.180 e. The van der Waals surface area contributed by atoms with Crippen LogP contribution in [0.3, 0.4) is 0 Å². The molecule has 0 saturated heterocycles. The molecule has 0 bridgehead atoms. The number of rotatable bonds is 10. The van der Waals surface area contributed by atoms with Gasteiger partial charge in [-0.15, -0.1) is 11.3 Å². The number of anilines is 1. The molecule has 1 saturated carbocycles. The summed E-state index contributed by atoms with van der Waals surface area (Å²) in [5.41, 5.74) is 9.31. The molecule has 0 spiro atoms. The van der Waals surface area contributed by atoms with E-state index in [1.165, 1.54) is 55.3 Å². The highest BCUT2D eigenvalue weighted by atomic mass is 32.1. The molecule has 2 N–H and O–H groups in total. The fourth-order valence-corrected chi connectivity index (χ4v) is 7.39. The lowest BCUT2D eigenvalue weighted by Gasteiger charge is -2.36. The Morgan fingerprint density at radius 3 is 2.50 bits per heavy atom. The third kappa shape index (κ3) is 6.52. The van der Waals surface area contributed by atoms with Gasteiger partial charge < -0.3 is 10.6 Å². The molecule has 0 aliphatic heterocycles. The Morgan fingerprint density at radius 2 is 1.76 bits per heavy atom. The monoisotopic (exact) mass is 533 g/mol. The molecular weight excluding hydrogens is 493 g/mol. The standard InChI is InChI=1S/C32H40FN3OS/c1-2-18-36(26-15-16-29-31(21-26)38-32(34)35-29)19-17-22-7-9-23(10-8-22)20-30(37)25-13-11-24(12-14-25)27-5-3-4-6-28(27)33/h3-6,11-14,22-23,26H,2,7-10,15-21H2,1H3,(H2,34,35)/t22?,23?,26-/m0/s1. The first-order valence-corrected chi connectivity index (χ1v) is 15.2. The summed E-state index contributed by atoms with van der Waals surface area (Å²) in [6, 6.07) is 14.8. The van der Waals surface area contributed by atoms with Gasteiger partial charge in [0.15, 0.2) is 10.9 Å². The van der Waals surface area contributed by atoms with Crippen LogP contribution in [-0.2, 0) is 12.8 Å². The molecule has 38 heavy (non-hydrogen) atoms. The number of fused-ring (bicyclic) bond motifs is 1. The van der Waals surface area contributed by atoms with E-state index < -0.39 is 0 Å². The summed E-state index contributed by atoms with van der Waals surface area (Å²) in [6.45, 7) is 4.61. The summed E-state index contributed by atoms with van der Waals surface area (Å²) < 4.78 is 14.1. The van der Waals surface area contributed by atoms with Crippen molar-refractivity contribution in [2.75, 3.05) is 18.8 Å². The molecule has 5 rings (SSSR count). The number of ketones is 1.